The summed E-state index contributed by atoms with van der Waals surface area (Å²) in [6.45, 7) is 10.2. The van der Waals surface area contributed by atoms with E-state index in [1.165, 1.54) is 10.5 Å². The molecule has 0 spiro atoms. The van der Waals surface area contributed by atoms with E-state index in [1.54, 1.807) is 26.0 Å². The predicted molar refractivity (Wildman–Crippen MR) is 89.5 cm³/mol. The maximum Gasteiger partial charge on any atom is 0.161 e. The first-order valence-corrected chi connectivity index (χ1v) is 8.54. The van der Waals surface area contributed by atoms with Gasteiger partial charge in [0.2, 0.25) is 0 Å². The van der Waals surface area contributed by atoms with Gasteiger partial charge in [0.05, 0.1) is 14.2 Å². The second kappa shape index (κ2) is 5.73. The van der Waals surface area contributed by atoms with Gasteiger partial charge in [0.15, 0.2) is 11.5 Å². The summed E-state index contributed by atoms with van der Waals surface area (Å²) in [5, 5.41) is 3.71. The quantitative estimate of drug-likeness (QED) is 0.806. The summed E-state index contributed by atoms with van der Waals surface area (Å²) in [7, 11) is 3.36. The molecule has 3 nitrogen and oxygen atoms in total. The largest absolute Gasteiger partial charge is 0.493 e. The Morgan fingerprint density at radius 1 is 1.05 bits per heavy atom. The molecule has 118 valence electrons. The number of hydrogen-bond acceptors (Lipinski definition) is 4. The Morgan fingerprint density at radius 3 is 2.00 bits per heavy atom. The monoisotopic (exact) mass is 309 g/mol. The maximum absolute atomic E-state index is 5.42. The van der Waals surface area contributed by atoms with Gasteiger partial charge in [-0.05, 0) is 34.8 Å². The minimum absolute atomic E-state index is 0.350. The average molecular weight is 309 g/mol. The SMILES string of the molecule is COc1cc(CNC2C(C)(C)C2(C)C)c(SC)cc1OC. The maximum atomic E-state index is 5.42. The zero-order valence-electron chi connectivity index (χ0n) is 14.2. The van der Waals surface area contributed by atoms with E-state index >= 15 is 0 Å². The van der Waals surface area contributed by atoms with Crippen molar-refractivity contribution < 1.29 is 9.47 Å². The van der Waals surface area contributed by atoms with Crippen molar-refractivity contribution in [3.63, 3.8) is 0 Å². The normalized spacial score (nSPS) is 19.4. The van der Waals surface area contributed by atoms with E-state index in [-0.39, 0.29) is 0 Å². The molecular weight excluding hydrogens is 282 g/mol. The predicted octanol–water partition coefficient (Wildman–Crippen LogP) is 3.95. The highest BCUT2D eigenvalue weighted by molar-refractivity contribution is 7.98. The lowest BCUT2D eigenvalue weighted by Crippen LogP contribution is -2.22. The first-order chi connectivity index (χ1) is 9.79. The molecule has 0 aliphatic heterocycles. The van der Waals surface area contributed by atoms with Crippen molar-refractivity contribution in [1.82, 2.24) is 5.32 Å². The molecule has 21 heavy (non-hydrogen) atoms. The van der Waals surface area contributed by atoms with Crippen LogP contribution in [0.5, 0.6) is 11.5 Å². The van der Waals surface area contributed by atoms with Gasteiger partial charge >= 0.3 is 0 Å². The molecule has 1 N–H and O–H groups in total. The van der Waals surface area contributed by atoms with Crippen molar-refractivity contribution in [3.8, 4) is 11.5 Å². The van der Waals surface area contributed by atoms with Crippen LogP contribution >= 0.6 is 11.8 Å². The van der Waals surface area contributed by atoms with Gasteiger partial charge in [-0.1, -0.05) is 27.7 Å². The molecule has 2 rings (SSSR count). The van der Waals surface area contributed by atoms with Crippen molar-refractivity contribution in [2.75, 3.05) is 20.5 Å². The highest BCUT2D eigenvalue weighted by atomic mass is 32.2. The Balaban J connectivity index is 2.17. The fourth-order valence-corrected chi connectivity index (χ4v) is 3.77. The molecule has 1 aromatic rings. The van der Waals surface area contributed by atoms with Gasteiger partial charge in [-0.2, -0.15) is 0 Å². The number of benzene rings is 1. The van der Waals surface area contributed by atoms with Crippen molar-refractivity contribution in [1.29, 1.82) is 0 Å². The third-order valence-corrected chi connectivity index (χ3v) is 6.12. The topological polar surface area (TPSA) is 30.5 Å². The van der Waals surface area contributed by atoms with E-state index in [4.69, 9.17) is 9.47 Å². The van der Waals surface area contributed by atoms with Crippen molar-refractivity contribution in [2.45, 2.75) is 45.2 Å². The fourth-order valence-electron chi connectivity index (χ4n) is 3.15. The number of rotatable bonds is 6. The van der Waals surface area contributed by atoms with E-state index in [0.29, 0.717) is 16.9 Å². The first-order valence-electron chi connectivity index (χ1n) is 7.31. The summed E-state index contributed by atoms with van der Waals surface area (Å²) < 4.78 is 10.8. The summed E-state index contributed by atoms with van der Waals surface area (Å²) in [6, 6.07) is 4.69. The van der Waals surface area contributed by atoms with Gasteiger partial charge in [0.25, 0.3) is 0 Å². The fraction of sp³-hybridized carbons (Fsp3) is 0.647. The third kappa shape index (κ3) is 2.76. The lowest BCUT2D eigenvalue weighted by Gasteiger charge is -2.15. The van der Waals surface area contributed by atoms with E-state index < -0.39 is 0 Å². The molecule has 1 aliphatic rings. The van der Waals surface area contributed by atoms with Crippen LogP contribution in [0.1, 0.15) is 33.3 Å². The molecule has 0 saturated heterocycles. The van der Waals surface area contributed by atoms with Gasteiger partial charge in [-0.3, -0.25) is 0 Å². The van der Waals surface area contributed by atoms with Gasteiger partial charge in [-0.15, -0.1) is 11.8 Å². The molecule has 1 fully saturated rings. The first kappa shape index (κ1) is 16.5. The molecule has 0 aromatic heterocycles. The summed E-state index contributed by atoms with van der Waals surface area (Å²) in [4.78, 5) is 1.23. The van der Waals surface area contributed by atoms with Crippen LogP contribution in [-0.2, 0) is 6.54 Å². The zero-order valence-corrected chi connectivity index (χ0v) is 15.0. The Morgan fingerprint density at radius 2 is 1.57 bits per heavy atom. The van der Waals surface area contributed by atoms with Crippen LogP contribution in [0.2, 0.25) is 0 Å². The second-order valence-electron chi connectivity index (χ2n) is 6.78. The number of hydrogen-bond donors (Lipinski definition) is 1. The summed E-state index contributed by atoms with van der Waals surface area (Å²) >= 11 is 1.74. The molecule has 0 atom stereocenters. The highest BCUT2D eigenvalue weighted by Crippen LogP contribution is 2.62. The third-order valence-electron chi connectivity index (χ3n) is 5.30. The summed E-state index contributed by atoms with van der Waals surface area (Å²) in [5.41, 5.74) is 1.96. The van der Waals surface area contributed by atoms with E-state index in [1.807, 2.05) is 0 Å². The van der Waals surface area contributed by atoms with Crippen LogP contribution in [0.4, 0.5) is 0 Å². The Hall–Kier alpha value is -0.870. The average Bonchev–Trinajstić information content (AvgIpc) is 2.85. The van der Waals surface area contributed by atoms with Crippen LogP contribution in [-0.4, -0.2) is 26.5 Å². The number of thioether (sulfide) groups is 1. The summed E-state index contributed by atoms with van der Waals surface area (Å²) in [6.07, 6.45) is 2.09. The highest BCUT2D eigenvalue weighted by Gasteiger charge is 2.64. The summed E-state index contributed by atoms with van der Waals surface area (Å²) in [5.74, 6) is 1.58. The molecule has 1 aromatic carbocycles. The molecule has 0 radical (unpaired) electrons. The van der Waals surface area contributed by atoms with Crippen LogP contribution < -0.4 is 14.8 Å². The Labute approximate surface area is 132 Å². The minimum Gasteiger partial charge on any atom is -0.493 e. The molecule has 4 heteroatoms. The van der Waals surface area contributed by atoms with Crippen molar-refractivity contribution in [3.05, 3.63) is 17.7 Å². The molecule has 1 aliphatic carbocycles. The molecule has 1 saturated carbocycles. The number of nitrogens with one attached hydrogen (secondary N) is 1. The lowest BCUT2D eigenvalue weighted by atomic mass is 10.0. The lowest BCUT2D eigenvalue weighted by molar-refractivity contribution is 0.353. The molecular formula is C17H27NO2S. The number of ether oxygens (including phenoxy) is 2. The van der Waals surface area contributed by atoms with Crippen molar-refractivity contribution in [2.24, 2.45) is 10.8 Å². The zero-order chi connectivity index (χ0) is 15.8. The van der Waals surface area contributed by atoms with Gasteiger partial charge in [0, 0.05) is 17.5 Å². The molecule has 0 unspecified atom stereocenters. The van der Waals surface area contributed by atoms with Crippen LogP contribution in [0.3, 0.4) is 0 Å². The molecule has 0 bridgehead atoms. The Bertz CT molecular complexity index is 512. The van der Waals surface area contributed by atoms with E-state index in [9.17, 15) is 0 Å². The molecule has 0 heterocycles. The van der Waals surface area contributed by atoms with Gasteiger partial charge < -0.3 is 14.8 Å². The second-order valence-corrected chi connectivity index (χ2v) is 7.62. The van der Waals surface area contributed by atoms with Crippen LogP contribution in [0.25, 0.3) is 0 Å². The minimum atomic E-state index is 0.350. The van der Waals surface area contributed by atoms with E-state index in [0.717, 1.165) is 18.0 Å². The van der Waals surface area contributed by atoms with Crippen LogP contribution in [0.15, 0.2) is 17.0 Å². The number of methoxy groups -OCH3 is 2. The molecule has 0 amide bonds. The van der Waals surface area contributed by atoms with Gasteiger partial charge in [-0.25, -0.2) is 0 Å². The smallest absolute Gasteiger partial charge is 0.161 e. The standard InChI is InChI=1S/C17H27NO2S/c1-16(2)15(17(16,3)4)18-10-11-8-12(19-5)13(20-6)9-14(11)21-7/h8-9,15,18H,10H2,1-7H3. The van der Waals surface area contributed by atoms with Gasteiger partial charge in [0.1, 0.15) is 0 Å². The van der Waals surface area contributed by atoms with Crippen LogP contribution in [0, 0.1) is 10.8 Å². The Kier molecular flexibility index (Phi) is 4.50. The van der Waals surface area contributed by atoms with Crippen molar-refractivity contribution >= 4 is 11.8 Å². The van der Waals surface area contributed by atoms with E-state index in [2.05, 4.69) is 51.4 Å².